The molecule has 0 saturated carbocycles. The van der Waals surface area contributed by atoms with E-state index in [2.05, 4.69) is 43.3 Å². The molecule has 2 aromatic carbocycles. The van der Waals surface area contributed by atoms with Crippen LogP contribution in [-0.4, -0.2) is 0 Å². The van der Waals surface area contributed by atoms with Crippen LogP contribution in [0.1, 0.15) is 62.5 Å². The van der Waals surface area contributed by atoms with Gasteiger partial charge in [0.1, 0.15) is 0 Å². The number of unbranched alkanes of at least 4 members (excludes halogenated alkanes) is 4. The van der Waals surface area contributed by atoms with Gasteiger partial charge in [0.15, 0.2) is 0 Å². The molecule has 0 radical (unpaired) electrons. The molecular formula is C28H47Hf-9. The summed E-state index contributed by atoms with van der Waals surface area (Å²) in [5, 5.41) is 0. The maximum absolute atomic E-state index is 3.49. The Morgan fingerprint density at radius 3 is 1.83 bits per heavy atom. The minimum atomic E-state index is 0. The zero-order valence-electron chi connectivity index (χ0n) is 20.6. The molecule has 29 heavy (non-hydrogen) atoms. The van der Waals surface area contributed by atoms with E-state index in [4.69, 9.17) is 0 Å². The number of rotatable bonds is 6. The molecule has 1 heteroatoms. The molecule has 0 saturated heterocycles. The van der Waals surface area contributed by atoms with Crippen LogP contribution in [0.25, 0.3) is 6.08 Å². The Hall–Kier alpha value is -0.820. The average Bonchev–Trinajstić information content (AvgIpc) is 3.20. The number of allylic oxidation sites excluding steroid dienone is 1. The van der Waals surface area contributed by atoms with E-state index in [9.17, 15) is 0 Å². The molecule has 1 aliphatic carbocycles. The van der Waals surface area contributed by atoms with Crippen molar-refractivity contribution >= 4 is 6.08 Å². The number of benzene rings is 1. The van der Waals surface area contributed by atoms with Crippen LogP contribution in [0.4, 0.5) is 0 Å². The first-order chi connectivity index (χ1) is 10.4. The third kappa shape index (κ3) is 17.7. The Kier molecular flexibility index (Phi) is 47.0. The van der Waals surface area contributed by atoms with E-state index < -0.39 is 0 Å². The van der Waals surface area contributed by atoms with Crippen LogP contribution in [0.2, 0.25) is 0 Å². The van der Waals surface area contributed by atoms with E-state index in [-0.39, 0.29) is 77.8 Å². The van der Waals surface area contributed by atoms with Crippen LogP contribution in [0, 0.1) is 58.1 Å². The third-order valence-corrected chi connectivity index (χ3v) is 3.96. The molecule has 0 amide bonds. The Balaban J connectivity index is -0.0000000667. The van der Waals surface area contributed by atoms with Gasteiger partial charge in [-0.05, 0) is 0 Å². The first-order valence-electron chi connectivity index (χ1n) is 8.26. The minimum Gasteiger partial charge on any atom is -0.358 e. The fourth-order valence-corrected chi connectivity index (χ4v) is 2.75. The van der Waals surface area contributed by atoms with Gasteiger partial charge in [-0.15, -0.1) is 11.6 Å². The van der Waals surface area contributed by atoms with Crippen LogP contribution in [0.3, 0.4) is 0 Å². The molecular weight excluding hydrogens is 515 g/mol. The quantitative estimate of drug-likeness (QED) is 0.187. The van der Waals surface area contributed by atoms with Gasteiger partial charge in [0.25, 0.3) is 0 Å². The second kappa shape index (κ2) is 29.4. The fourth-order valence-electron chi connectivity index (χ4n) is 2.75. The van der Waals surface area contributed by atoms with Crippen LogP contribution >= 0.6 is 0 Å². The van der Waals surface area contributed by atoms with Crippen molar-refractivity contribution < 1.29 is 25.8 Å². The van der Waals surface area contributed by atoms with Crippen molar-refractivity contribution in [1.82, 2.24) is 0 Å². The molecule has 0 bridgehead atoms. The second-order valence-electron chi connectivity index (χ2n) is 5.66. The summed E-state index contributed by atoms with van der Waals surface area (Å²) in [6.45, 7) is 2.27. The molecule has 0 aromatic heterocycles. The predicted octanol–water partition coefficient (Wildman–Crippen LogP) is 9.52. The molecule has 0 heterocycles. The summed E-state index contributed by atoms with van der Waals surface area (Å²) in [7, 11) is 0. The van der Waals surface area contributed by atoms with E-state index in [1.807, 2.05) is 30.3 Å². The minimum absolute atomic E-state index is 0. The fraction of sp³-hybridized carbons (Fsp3) is 0.286. The molecule has 172 valence electrons. The standard InChI is InChI=1S/C16H21.C5H5.7CH3.Hf/c1-2-3-4-5-6-9-14-12-13-15-10-7-8-11-16(14)15;1-2-4-5-3-1;;;;;;;;/h7-8,10-11,13-14H,2-6,9H2,1H3;1-5H;7*1H3;/q9*-1;. The van der Waals surface area contributed by atoms with Crippen molar-refractivity contribution in [3.05, 3.63) is 124 Å². The van der Waals surface area contributed by atoms with Gasteiger partial charge in [0, 0.05) is 25.8 Å². The summed E-state index contributed by atoms with van der Waals surface area (Å²) in [6, 6.07) is 18.7. The largest absolute Gasteiger partial charge is 0.358 e. The molecule has 0 N–H and O–H groups in total. The number of hydrogen-bond donors (Lipinski definition) is 0. The van der Waals surface area contributed by atoms with E-state index in [1.165, 1.54) is 49.7 Å². The SMILES string of the molecule is CCCCCCCC1[C-]=Cc2ccccc21.[CH3-].[CH3-].[CH3-].[CH3-].[CH3-].[CH3-].[CH3-].[Hf].c1cc[cH-]c1. The van der Waals surface area contributed by atoms with Crippen LogP contribution < -0.4 is 0 Å². The summed E-state index contributed by atoms with van der Waals surface area (Å²) in [6.07, 6.45) is 13.8. The summed E-state index contributed by atoms with van der Waals surface area (Å²) in [5.74, 6) is 0.567. The molecule has 2 aromatic rings. The smallest absolute Gasteiger partial charge is 0 e. The molecule has 0 spiro atoms. The first kappa shape index (κ1) is 46.4. The van der Waals surface area contributed by atoms with E-state index in [0.717, 1.165) is 0 Å². The molecule has 1 atom stereocenters. The van der Waals surface area contributed by atoms with Crippen molar-refractivity contribution in [1.29, 1.82) is 0 Å². The van der Waals surface area contributed by atoms with Crippen LogP contribution in [-0.2, 0) is 25.8 Å². The van der Waals surface area contributed by atoms with Gasteiger partial charge in [-0.3, -0.25) is 6.08 Å². The molecule has 0 nitrogen and oxygen atoms in total. The Labute approximate surface area is 206 Å². The van der Waals surface area contributed by atoms with Gasteiger partial charge < -0.3 is 52.0 Å². The van der Waals surface area contributed by atoms with Gasteiger partial charge in [-0.25, -0.2) is 18.2 Å². The maximum Gasteiger partial charge on any atom is 0 e. The normalized spacial score (nSPS) is 11.1. The molecule has 0 fully saturated rings. The third-order valence-electron chi connectivity index (χ3n) is 3.96. The topological polar surface area (TPSA) is 0 Å². The van der Waals surface area contributed by atoms with Crippen molar-refractivity contribution in [3.8, 4) is 0 Å². The first-order valence-corrected chi connectivity index (χ1v) is 8.26. The van der Waals surface area contributed by atoms with E-state index >= 15 is 0 Å². The average molecular weight is 562 g/mol. The van der Waals surface area contributed by atoms with E-state index in [1.54, 1.807) is 0 Å². The summed E-state index contributed by atoms with van der Waals surface area (Å²) < 4.78 is 0. The number of fused-ring (bicyclic) bond motifs is 1. The maximum atomic E-state index is 3.49. The van der Waals surface area contributed by atoms with Crippen molar-refractivity contribution in [3.63, 3.8) is 0 Å². The summed E-state index contributed by atoms with van der Waals surface area (Å²) in [5.41, 5.74) is 2.86. The van der Waals surface area contributed by atoms with Crippen LogP contribution in [0.5, 0.6) is 0 Å². The van der Waals surface area contributed by atoms with Gasteiger partial charge in [-0.2, -0.15) is 23.8 Å². The van der Waals surface area contributed by atoms with Gasteiger partial charge in [0.2, 0.25) is 0 Å². The van der Waals surface area contributed by atoms with Gasteiger partial charge in [0.05, 0.1) is 0 Å². The monoisotopic (exact) mass is 563 g/mol. The molecule has 1 unspecified atom stereocenters. The molecule has 1 aliphatic rings. The number of hydrogen-bond acceptors (Lipinski definition) is 0. The van der Waals surface area contributed by atoms with Gasteiger partial charge in [-0.1, -0.05) is 69.6 Å². The Morgan fingerprint density at radius 1 is 0.759 bits per heavy atom. The molecule has 3 rings (SSSR count). The predicted molar refractivity (Wildman–Crippen MR) is 137 cm³/mol. The van der Waals surface area contributed by atoms with Gasteiger partial charge >= 0.3 is 0 Å². The van der Waals surface area contributed by atoms with Crippen molar-refractivity contribution in [2.45, 2.75) is 51.4 Å². The zero-order valence-corrected chi connectivity index (χ0v) is 24.2. The second-order valence-corrected chi connectivity index (χ2v) is 5.66. The molecule has 0 aliphatic heterocycles. The van der Waals surface area contributed by atoms with E-state index in [0.29, 0.717) is 5.92 Å². The Bertz CT molecular complexity index is 494. The zero-order chi connectivity index (χ0) is 14.8. The van der Waals surface area contributed by atoms with Crippen molar-refractivity contribution in [2.75, 3.05) is 0 Å². The Morgan fingerprint density at radius 2 is 1.31 bits per heavy atom. The van der Waals surface area contributed by atoms with Crippen molar-refractivity contribution in [2.24, 2.45) is 0 Å². The van der Waals surface area contributed by atoms with Crippen LogP contribution in [0.15, 0.2) is 54.6 Å². The summed E-state index contributed by atoms with van der Waals surface area (Å²) in [4.78, 5) is 0. The summed E-state index contributed by atoms with van der Waals surface area (Å²) >= 11 is 0.